The summed E-state index contributed by atoms with van der Waals surface area (Å²) in [4.78, 5) is 0. The standard InChI is InChI=1S/C17H26N/c1-3-14-11-18(12-15(14)4-2)10-9-16-7-5-6-8-17(16)13-18/h5-8,14-15H,3-4,9-13H2,1-2H3/q+1. The molecule has 2 aliphatic heterocycles. The fourth-order valence-electron chi connectivity index (χ4n) is 4.36. The Kier molecular flexibility index (Phi) is 3.19. The van der Waals surface area contributed by atoms with E-state index in [1.54, 1.807) is 11.1 Å². The van der Waals surface area contributed by atoms with Crippen molar-refractivity contribution < 1.29 is 4.48 Å². The van der Waals surface area contributed by atoms with Gasteiger partial charge in [-0.25, -0.2) is 0 Å². The Morgan fingerprint density at radius 3 is 2.22 bits per heavy atom. The fourth-order valence-corrected chi connectivity index (χ4v) is 4.36. The van der Waals surface area contributed by atoms with Crippen LogP contribution >= 0.6 is 0 Å². The number of quaternary nitrogens is 1. The van der Waals surface area contributed by atoms with Gasteiger partial charge in [-0.1, -0.05) is 38.1 Å². The molecular formula is C17H26N+. The first-order valence-electron chi connectivity index (χ1n) is 7.68. The lowest BCUT2D eigenvalue weighted by molar-refractivity contribution is -0.934. The average Bonchev–Trinajstić information content (AvgIpc) is 2.76. The zero-order chi connectivity index (χ0) is 12.6. The molecule has 0 aromatic heterocycles. The highest BCUT2D eigenvalue weighted by molar-refractivity contribution is 5.27. The van der Waals surface area contributed by atoms with Crippen LogP contribution in [0.2, 0.25) is 0 Å². The van der Waals surface area contributed by atoms with E-state index in [-0.39, 0.29) is 0 Å². The van der Waals surface area contributed by atoms with E-state index in [1.807, 2.05) is 0 Å². The fraction of sp³-hybridized carbons (Fsp3) is 0.647. The second-order valence-corrected chi connectivity index (χ2v) is 6.44. The zero-order valence-electron chi connectivity index (χ0n) is 11.9. The molecule has 1 fully saturated rings. The lowest BCUT2D eigenvalue weighted by atomic mass is 9.92. The minimum atomic E-state index is 0.972. The molecule has 3 rings (SSSR count). The van der Waals surface area contributed by atoms with Crippen LogP contribution in [0, 0.1) is 11.8 Å². The quantitative estimate of drug-likeness (QED) is 0.697. The van der Waals surface area contributed by atoms with Crippen molar-refractivity contribution >= 4 is 0 Å². The number of hydrogen-bond acceptors (Lipinski definition) is 0. The first-order valence-corrected chi connectivity index (χ1v) is 7.68. The van der Waals surface area contributed by atoms with Crippen LogP contribution < -0.4 is 0 Å². The van der Waals surface area contributed by atoms with Crippen molar-refractivity contribution in [3.8, 4) is 0 Å². The molecule has 2 heterocycles. The van der Waals surface area contributed by atoms with E-state index in [9.17, 15) is 0 Å². The second-order valence-electron chi connectivity index (χ2n) is 6.44. The highest BCUT2D eigenvalue weighted by atomic mass is 15.4. The summed E-state index contributed by atoms with van der Waals surface area (Å²) in [5, 5.41) is 0. The van der Waals surface area contributed by atoms with Crippen LogP contribution in [-0.2, 0) is 13.0 Å². The predicted molar refractivity (Wildman–Crippen MR) is 76.3 cm³/mol. The van der Waals surface area contributed by atoms with Crippen LogP contribution in [0.1, 0.15) is 37.8 Å². The van der Waals surface area contributed by atoms with Gasteiger partial charge in [0.05, 0.1) is 19.6 Å². The van der Waals surface area contributed by atoms with Crippen molar-refractivity contribution in [3.05, 3.63) is 35.4 Å². The summed E-state index contributed by atoms with van der Waals surface area (Å²) in [7, 11) is 0. The molecule has 1 heteroatoms. The molecule has 1 aromatic carbocycles. The number of fused-ring (bicyclic) bond motifs is 1. The summed E-state index contributed by atoms with van der Waals surface area (Å²) in [5.41, 5.74) is 3.23. The molecule has 18 heavy (non-hydrogen) atoms. The number of hydrogen-bond donors (Lipinski definition) is 0. The molecule has 0 N–H and O–H groups in total. The smallest absolute Gasteiger partial charge is 0.105 e. The molecule has 0 radical (unpaired) electrons. The molecular weight excluding hydrogens is 218 g/mol. The largest absolute Gasteiger partial charge is 0.319 e. The lowest BCUT2D eigenvalue weighted by Crippen LogP contribution is -2.49. The Bertz CT molecular complexity index is 411. The summed E-state index contributed by atoms with van der Waals surface area (Å²) in [6.45, 7) is 10.3. The molecule has 1 nitrogen and oxygen atoms in total. The van der Waals surface area contributed by atoms with E-state index < -0.39 is 0 Å². The van der Waals surface area contributed by atoms with Crippen LogP contribution in [0.3, 0.4) is 0 Å². The van der Waals surface area contributed by atoms with Gasteiger partial charge in [0.2, 0.25) is 0 Å². The van der Waals surface area contributed by atoms with Crippen molar-refractivity contribution in [2.24, 2.45) is 11.8 Å². The third kappa shape index (κ3) is 1.99. The molecule has 2 aliphatic rings. The van der Waals surface area contributed by atoms with E-state index in [0.717, 1.165) is 11.8 Å². The topological polar surface area (TPSA) is 0 Å². The van der Waals surface area contributed by atoms with Crippen LogP contribution in [0.25, 0.3) is 0 Å². The molecule has 0 aliphatic carbocycles. The summed E-state index contributed by atoms with van der Waals surface area (Å²) >= 11 is 0. The van der Waals surface area contributed by atoms with E-state index in [2.05, 4.69) is 38.1 Å². The molecule has 2 unspecified atom stereocenters. The van der Waals surface area contributed by atoms with Crippen molar-refractivity contribution in [2.45, 2.75) is 39.7 Å². The van der Waals surface area contributed by atoms with Gasteiger partial charge in [0, 0.05) is 23.8 Å². The van der Waals surface area contributed by atoms with Crippen LogP contribution in [0.5, 0.6) is 0 Å². The molecule has 0 amide bonds. The summed E-state index contributed by atoms with van der Waals surface area (Å²) in [6.07, 6.45) is 4.04. The molecule has 0 saturated carbocycles. The van der Waals surface area contributed by atoms with Crippen molar-refractivity contribution in [1.82, 2.24) is 0 Å². The Hall–Kier alpha value is -0.820. The molecule has 1 aromatic rings. The Morgan fingerprint density at radius 1 is 1.00 bits per heavy atom. The van der Waals surface area contributed by atoms with Crippen molar-refractivity contribution in [1.29, 1.82) is 0 Å². The molecule has 98 valence electrons. The average molecular weight is 244 g/mol. The Labute approximate surface area is 111 Å². The minimum absolute atomic E-state index is 0.972. The normalized spacial score (nSPS) is 34.8. The molecule has 0 bridgehead atoms. The maximum Gasteiger partial charge on any atom is 0.105 e. The first kappa shape index (κ1) is 12.2. The highest BCUT2D eigenvalue weighted by Gasteiger charge is 2.44. The second kappa shape index (κ2) is 4.70. The van der Waals surface area contributed by atoms with E-state index in [1.165, 1.54) is 49.9 Å². The van der Waals surface area contributed by atoms with Crippen LogP contribution in [0.4, 0.5) is 0 Å². The van der Waals surface area contributed by atoms with Gasteiger partial charge < -0.3 is 4.48 Å². The maximum atomic E-state index is 2.38. The summed E-state index contributed by atoms with van der Waals surface area (Å²) < 4.78 is 1.38. The van der Waals surface area contributed by atoms with Crippen LogP contribution in [-0.4, -0.2) is 24.1 Å². The van der Waals surface area contributed by atoms with Crippen LogP contribution in [0.15, 0.2) is 24.3 Å². The van der Waals surface area contributed by atoms with E-state index in [4.69, 9.17) is 0 Å². The summed E-state index contributed by atoms with van der Waals surface area (Å²) in [5.74, 6) is 1.94. The monoisotopic (exact) mass is 244 g/mol. The van der Waals surface area contributed by atoms with Crippen molar-refractivity contribution in [3.63, 3.8) is 0 Å². The lowest BCUT2D eigenvalue weighted by Gasteiger charge is -2.39. The predicted octanol–water partition coefficient (Wildman–Crippen LogP) is 3.63. The van der Waals surface area contributed by atoms with Gasteiger partial charge in [0.15, 0.2) is 0 Å². The highest BCUT2D eigenvalue weighted by Crippen LogP contribution is 2.38. The number of nitrogens with zero attached hydrogens (tertiary/aromatic N) is 1. The van der Waals surface area contributed by atoms with E-state index >= 15 is 0 Å². The minimum Gasteiger partial charge on any atom is -0.319 e. The van der Waals surface area contributed by atoms with Gasteiger partial charge in [0.1, 0.15) is 6.54 Å². The molecule has 2 atom stereocenters. The number of benzene rings is 1. The third-order valence-electron chi connectivity index (χ3n) is 5.44. The first-order chi connectivity index (χ1) is 8.76. The maximum absolute atomic E-state index is 2.38. The van der Waals surface area contributed by atoms with Gasteiger partial charge in [-0.15, -0.1) is 0 Å². The Morgan fingerprint density at radius 2 is 1.61 bits per heavy atom. The SMILES string of the molecule is CCC1C[N+]2(CCc3ccccc3C2)CC1CC. The van der Waals surface area contributed by atoms with Gasteiger partial charge >= 0.3 is 0 Å². The van der Waals surface area contributed by atoms with Gasteiger partial charge in [-0.2, -0.15) is 0 Å². The summed E-state index contributed by atoms with van der Waals surface area (Å²) in [6, 6.07) is 9.10. The third-order valence-corrected chi connectivity index (χ3v) is 5.44. The van der Waals surface area contributed by atoms with Gasteiger partial charge in [0.25, 0.3) is 0 Å². The van der Waals surface area contributed by atoms with E-state index in [0.29, 0.717) is 0 Å². The zero-order valence-corrected chi connectivity index (χ0v) is 11.9. The van der Waals surface area contributed by atoms with Crippen molar-refractivity contribution in [2.75, 3.05) is 19.6 Å². The van der Waals surface area contributed by atoms with Gasteiger partial charge in [-0.3, -0.25) is 0 Å². The number of rotatable bonds is 2. The molecule has 1 spiro atoms. The van der Waals surface area contributed by atoms with Gasteiger partial charge in [-0.05, 0) is 18.4 Å². The molecule has 1 saturated heterocycles. The Balaban J connectivity index is 1.83.